The predicted molar refractivity (Wildman–Crippen MR) is 100 cm³/mol. The van der Waals surface area contributed by atoms with Gasteiger partial charge in [-0.2, -0.15) is 11.8 Å². The van der Waals surface area contributed by atoms with Gasteiger partial charge in [-0.15, -0.1) is 24.0 Å². The lowest BCUT2D eigenvalue weighted by Crippen LogP contribution is -2.40. The molecular formula is C13H31IN4S. The van der Waals surface area contributed by atoms with Crippen molar-refractivity contribution >= 4 is 41.7 Å². The minimum Gasteiger partial charge on any atom is -0.357 e. The van der Waals surface area contributed by atoms with Crippen molar-refractivity contribution in [2.75, 3.05) is 52.3 Å². The van der Waals surface area contributed by atoms with Crippen molar-refractivity contribution in [2.24, 2.45) is 10.4 Å². The van der Waals surface area contributed by atoms with Crippen LogP contribution in [0.5, 0.6) is 0 Å². The zero-order valence-electron chi connectivity index (χ0n) is 13.2. The lowest BCUT2D eigenvalue weighted by atomic mass is 9.93. The van der Waals surface area contributed by atoms with Crippen LogP contribution in [-0.4, -0.2) is 63.1 Å². The molecule has 0 rings (SSSR count). The smallest absolute Gasteiger partial charge is 0.191 e. The van der Waals surface area contributed by atoms with E-state index in [0.29, 0.717) is 0 Å². The Morgan fingerprint density at radius 1 is 1.26 bits per heavy atom. The summed E-state index contributed by atoms with van der Waals surface area (Å²) in [5, 5.41) is 6.64. The monoisotopic (exact) mass is 402 g/mol. The Labute approximate surface area is 140 Å². The number of rotatable bonds is 8. The second kappa shape index (κ2) is 12.1. The van der Waals surface area contributed by atoms with Crippen molar-refractivity contribution in [3.8, 4) is 0 Å². The summed E-state index contributed by atoms with van der Waals surface area (Å²) in [6, 6.07) is 0. The third-order valence-electron chi connectivity index (χ3n) is 2.35. The molecule has 0 bridgehead atoms. The van der Waals surface area contributed by atoms with Gasteiger partial charge in [-0.05, 0) is 32.7 Å². The van der Waals surface area contributed by atoms with E-state index in [9.17, 15) is 0 Å². The van der Waals surface area contributed by atoms with Gasteiger partial charge in [-0.1, -0.05) is 13.8 Å². The van der Waals surface area contributed by atoms with Gasteiger partial charge in [0.25, 0.3) is 0 Å². The lowest BCUT2D eigenvalue weighted by Gasteiger charge is -2.26. The molecule has 0 fully saturated rings. The predicted octanol–water partition coefficient (Wildman–Crippen LogP) is 2.11. The minimum atomic E-state index is 0. The molecule has 0 aromatic carbocycles. The second-order valence-electron chi connectivity index (χ2n) is 5.52. The Hall–Kier alpha value is 0.310. The molecule has 6 heteroatoms. The number of hydrogen-bond donors (Lipinski definition) is 2. The van der Waals surface area contributed by atoms with Crippen molar-refractivity contribution in [3.63, 3.8) is 0 Å². The molecule has 0 radical (unpaired) electrons. The molecule has 4 nitrogen and oxygen atoms in total. The summed E-state index contributed by atoms with van der Waals surface area (Å²) in [5.74, 6) is 2.03. The van der Waals surface area contributed by atoms with E-state index in [0.717, 1.165) is 37.9 Å². The van der Waals surface area contributed by atoms with Crippen LogP contribution in [0.1, 0.15) is 20.8 Å². The summed E-state index contributed by atoms with van der Waals surface area (Å²) < 4.78 is 0. The summed E-state index contributed by atoms with van der Waals surface area (Å²) in [6.45, 7) is 10.3. The fourth-order valence-electron chi connectivity index (χ4n) is 1.81. The molecule has 0 saturated heterocycles. The van der Waals surface area contributed by atoms with Crippen molar-refractivity contribution < 1.29 is 0 Å². The fraction of sp³-hybridized carbons (Fsp3) is 0.923. The Kier molecular flexibility index (Phi) is 13.7. The number of nitrogens with one attached hydrogen (secondary N) is 2. The molecule has 0 aromatic rings. The van der Waals surface area contributed by atoms with Gasteiger partial charge in [-0.25, -0.2) is 0 Å². The van der Waals surface area contributed by atoms with Gasteiger partial charge in [0.1, 0.15) is 0 Å². The van der Waals surface area contributed by atoms with Gasteiger partial charge in [0, 0.05) is 31.9 Å². The highest BCUT2D eigenvalue weighted by molar-refractivity contribution is 14.0. The third kappa shape index (κ3) is 13.1. The van der Waals surface area contributed by atoms with Crippen LogP contribution in [0.3, 0.4) is 0 Å². The molecule has 0 amide bonds. The number of halogens is 1. The van der Waals surface area contributed by atoms with E-state index in [-0.39, 0.29) is 29.4 Å². The van der Waals surface area contributed by atoms with Gasteiger partial charge >= 0.3 is 0 Å². The quantitative estimate of drug-likeness (QED) is 0.282. The Bertz CT molecular complexity index is 245. The van der Waals surface area contributed by atoms with Crippen LogP contribution in [0, 0.1) is 5.41 Å². The maximum absolute atomic E-state index is 4.67. The van der Waals surface area contributed by atoms with E-state index in [4.69, 9.17) is 0 Å². The van der Waals surface area contributed by atoms with Gasteiger partial charge in [-0.3, -0.25) is 4.99 Å². The molecule has 0 unspecified atom stereocenters. The molecule has 19 heavy (non-hydrogen) atoms. The van der Waals surface area contributed by atoms with Crippen molar-refractivity contribution in [1.82, 2.24) is 15.5 Å². The number of hydrogen-bond acceptors (Lipinski definition) is 3. The molecule has 0 saturated carbocycles. The average molecular weight is 402 g/mol. The maximum atomic E-state index is 4.67. The van der Waals surface area contributed by atoms with E-state index in [1.54, 1.807) is 0 Å². The van der Waals surface area contributed by atoms with Crippen LogP contribution in [0.25, 0.3) is 0 Å². The summed E-state index contributed by atoms with van der Waals surface area (Å²) in [7, 11) is 4.21. The van der Waals surface area contributed by atoms with Gasteiger partial charge in [0.15, 0.2) is 5.96 Å². The lowest BCUT2D eigenvalue weighted by molar-refractivity contribution is 0.248. The number of aliphatic imine (C=N–C) groups is 1. The highest BCUT2D eigenvalue weighted by Gasteiger charge is 2.18. The molecule has 0 atom stereocenters. The van der Waals surface area contributed by atoms with Crippen LogP contribution < -0.4 is 10.6 Å². The number of thioether (sulfide) groups is 1. The molecule has 0 aliphatic rings. The first-order chi connectivity index (χ1) is 8.41. The Balaban J connectivity index is 0. The first kappa shape index (κ1) is 21.6. The summed E-state index contributed by atoms with van der Waals surface area (Å²) >= 11 is 1.84. The van der Waals surface area contributed by atoms with Crippen LogP contribution >= 0.6 is 35.7 Å². The third-order valence-corrected chi connectivity index (χ3v) is 2.96. The molecule has 0 aromatic heterocycles. The van der Waals surface area contributed by atoms with E-state index >= 15 is 0 Å². The second-order valence-corrected chi connectivity index (χ2v) is 6.50. The fourth-order valence-corrected chi connectivity index (χ4v) is 2.12. The minimum absolute atomic E-state index is 0. The van der Waals surface area contributed by atoms with Crippen molar-refractivity contribution in [3.05, 3.63) is 0 Å². The molecule has 2 N–H and O–H groups in total. The summed E-state index contributed by atoms with van der Waals surface area (Å²) in [6.07, 6.45) is 2.12. The zero-order valence-corrected chi connectivity index (χ0v) is 16.4. The average Bonchev–Trinajstić information content (AvgIpc) is 2.24. The van der Waals surface area contributed by atoms with Crippen molar-refractivity contribution in [2.45, 2.75) is 20.8 Å². The SMILES string of the molecule is CCNC(=NCC(C)(C)CN(C)C)NCCSC.I. The first-order valence-electron chi connectivity index (χ1n) is 6.57. The Morgan fingerprint density at radius 3 is 2.37 bits per heavy atom. The maximum Gasteiger partial charge on any atom is 0.191 e. The van der Waals surface area contributed by atoms with Crippen LogP contribution in [-0.2, 0) is 0 Å². The summed E-state index contributed by atoms with van der Waals surface area (Å²) in [5.41, 5.74) is 0.200. The molecular weight excluding hydrogens is 371 g/mol. The van der Waals surface area contributed by atoms with E-state index in [2.05, 4.69) is 61.6 Å². The van der Waals surface area contributed by atoms with E-state index in [1.165, 1.54) is 0 Å². The van der Waals surface area contributed by atoms with E-state index in [1.807, 2.05) is 11.8 Å². The standard InChI is InChI=1S/C13H30N4S.HI/c1-7-14-12(15-8-9-18-6)16-10-13(2,3)11-17(4)5;/h7-11H2,1-6H3,(H2,14,15,16);1H. The number of guanidine groups is 1. The first-order valence-corrected chi connectivity index (χ1v) is 7.96. The molecule has 0 aliphatic carbocycles. The van der Waals surface area contributed by atoms with Crippen LogP contribution in [0.4, 0.5) is 0 Å². The number of nitrogens with zero attached hydrogens (tertiary/aromatic N) is 2. The van der Waals surface area contributed by atoms with Gasteiger partial charge in [0.05, 0.1) is 0 Å². The zero-order chi connectivity index (χ0) is 14.0. The topological polar surface area (TPSA) is 39.7 Å². The highest BCUT2D eigenvalue weighted by atomic mass is 127. The van der Waals surface area contributed by atoms with Crippen molar-refractivity contribution in [1.29, 1.82) is 0 Å². The van der Waals surface area contributed by atoms with Crippen LogP contribution in [0.15, 0.2) is 4.99 Å². The molecule has 0 aliphatic heterocycles. The van der Waals surface area contributed by atoms with E-state index < -0.39 is 0 Å². The molecule has 0 spiro atoms. The highest BCUT2D eigenvalue weighted by Crippen LogP contribution is 2.15. The molecule has 116 valence electrons. The van der Waals surface area contributed by atoms with Crippen LogP contribution in [0.2, 0.25) is 0 Å². The van der Waals surface area contributed by atoms with Gasteiger partial charge < -0.3 is 15.5 Å². The largest absolute Gasteiger partial charge is 0.357 e. The Morgan fingerprint density at radius 2 is 1.89 bits per heavy atom. The summed E-state index contributed by atoms with van der Waals surface area (Å²) in [4.78, 5) is 6.88. The van der Waals surface area contributed by atoms with Gasteiger partial charge in [0.2, 0.25) is 0 Å². The molecule has 0 heterocycles. The normalized spacial score (nSPS) is 12.3.